The van der Waals surface area contributed by atoms with Crippen LogP contribution in [0.5, 0.6) is 5.75 Å². The average molecular weight is 717 g/mol. The minimum Gasteiger partial charge on any atom is -0.484 e. The van der Waals surface area contributed by atoms with E-state index in [2.05, 4.69) is 4.72 Å². The lowest BCUT2D eigenvalue weighted by Crippen LogP contribution is -2.43. The first kappa shape index (κ1) is 34.7. The van der Waals surface area contributed by atoms with Gasteiger partial charge in [0.1, 0.15) is 29.1 Å². The quantitative estimate of drug-likeness (QED) is 0.116. The summed E-state index contributed by atoms with van der Waals surface area (Å²) in [5.74, 6) is -1.26. The van der Waals surface area contributed by atoms with Gasteiger partial charge in [-0.25, -0.2) is 17.8 Å². The van der Waals surface area contributed by atoms with Gasteiger partial charge < -0.3 is 19.8 Å². The van der Waals surface area contributed by atoms with Crippen molar-refractivity contribution >= 4 is 49.8 Å². The van der Waals surface area contributed by atoms with Gasteiger partial charge in [-0.1, -0.05) is 37.1 Å². The summed E-state index contributed by atoms with van der Waals surface area (Å²) in [6.07, 6.45) is 10.2. The number of halogens is 1. The number of carbonyl (C=O) groups is 3. The molecule has 0 unspecified atom stereocenters. The van der Waals surface area contributed by atoms with E-state index >= 15 is 0 Å². The van der Waals surface area contributed by atoms with Crippen LogP contribution in [-0.2, 0) is 24.4 Å². The third-order valence-electron chi connectivity index (χ3n) is 9.92. The van der Waals surface area contributed by atoms with Crippen LogP contribution in [0.2, 0.25) is 0 Å². The van der Waals surface area contributed by atoms with E-state index in [0.717, 1.165) is 31.1 Å². The number of likely N-dealkylation sites (tertiary alicyclic amines) is 1. The highest BCUT2D eigenvalue weighted by Gasteiger charge is 2.45. The fourth-order valence-electron chi connectivity index (χ4n) is 6.83. The predicted octanol–water partition coefficient (Wildman–Crippen LogP) is 5.76. The first-order valence-electron chi connectivity index (χ1n) is 17.6. The number of ether oxygens (including phenoxy) is 1. The normalized spacial score (nSPS) is 21.8. The van der Waals surface area contributed by atoms with Crippen LogP contribution < -0.4 is 15.2 Å². The van der Waals surface area contributed by atoms with E-state index in [9.17, 15) is 27.2 Å². The number of sulfonamides is 1. The molecule has 3 fully saturated rings. The Balaban J connectivity index is 0.906. The first-order chi connectivity index (χ1) is 24.6. The minimum absolute atomic E-state index is 0.0867. The van der Waals surface area contributed by atoms with Crippen molar-refractivity contribution in [3.8, 4) is 17.0 Å². The summed E-state index contributed by atoms with van der Waals surface area (Å²) in [6.45, 7) is 0.194. The van der Waals surface area contributed by atoms with Gasteiger partial charge in [-0.3, -0.25) is 19.1 Å². The molecule has 2 saturated carbocycles. The zero-order valence-electron chi connectivity index (χ0n) is 28.1. The van der Waals surface area contributed by atoms with Crippen LogP contribution in [0.25, 0.3) is 33.3 Å². The lowest BCUT2D eigenvalue weighted by atomic mass is 10.1. The summed E-state index contributed by atoms with van der Waals surface area (Å²) in [5, 5.41) is 0.392. The second-order valence-electron chi connectivity index (χ2n) is 13.8. The van der Waals surface area contributed by atoms with Gasteiger partial charge in [0.15, 0.2) is 11.3 Å². The maximum Gasteiger partial charge on any atom is 0.240 e. The number of pyridine rings is 1. The van der Waals surface area contributed by atoms with E-state index in [4.69, 9.17) is 19.9 Å². The molecule has 0 spiro atoms. The van der Waals surface area contributed by atoms with Gasteiger partial charge in [-0.15, -0.1) is 0 Å². The van der Waals surface area contributed by atoms with Crippen molar-refractivity contribution in [1.82, 2.24) is 14.6 Å². The maximum absolute atomic E-state index is 13.7. The molecule has 3 heterocycles. The molecule has 2 aliphatic carbocycles. The number of nitrogens with one attached hydrogen (secondary N) is 1. The Morgan fingerprint density at radius 2 is 1.80 bits per heavy atom. The molecule has 3 aliphatic rings. The summed E-state index contributed by atoms with van der Waals surface area (Å²) < 4.78 is 52.5. The summed E-state index contributed by atoms with van der Waals surface area (Å²) in [4.78, 5) is 44.3. The fourth-order valence-corrected chi connectivity index (χ4v) is 8.18. The number of carbonyl (C=O) groups excluding carboxylic acids is 3. The molecule has 13 heteroatoms. The highest BCUT2D eigenvalue weighted by molar-refractivity contribution is 7.90. The van der Waals surface area contributed by atoms with Crippen molar-refractivity contribution in [2.75, 3.05) is 6.54 Å². The number of hydrogen-bond acceptors (Lipinski definition) is 8. The Morgan fingerprint density at radius 1 is 1.04 bits per heavy atom. The molecule has 2 aromatic carbocycles. The SMILES string of the molecule is NC(=O)[C@@H]1C[C@@H](Oc2cc(-c3ccc(F)cc3)nc3c2oc2ccccc23)CN1C(=O)CCCCCC/C=C\[C@@H]1C[C@@H]1C(=O)NS(=O)(=O)C1CC1. The number of nitrogens with two attached hydrogens (primary N) is 1. The second-order valence-corrected chi connectivity index (χ2v) is 15.8. The Labute approximate surface area is 295 Å². The summed E-state index contributed by atoms with van der Waals surface area (Å²) in [6, 6.07) is 14.5. The number of unbranched alkanes of at least 4 members (excludes halogenated alkanes) is 4. The predicted molar refractivity (Wildman–Crippen MR) is 189 cm³/mol. The van der Waals surface area contributed by atoms with Gasteiger partial charge in [0.05, 0.1) is 17.5 Å². The minimum atomic E-state index is -3.51. The zero-order chi connectivity index (χ0) is 35.7. The van der Waals surface area contributed by atoms with Gasteiger partial charge in [-0.05, 0) is 80.8 Å². The molecule has 0 bridgehead atoms. The molecule has 0 radical (unpaired) electrons. The molecule has 51 heavy (non-hydrogen) atoms. The molecule has 1 aliphatic heterocycles. The number of aromatic nitrogens is 1. The Hall–Kier alpha value is -4.78. The molecule has 2 aromatic heterocycles. The third kappa shape index (κ3) is 7.93. The number of para-hydroxylation sites is 1. The third-order valence-corrected chi connectivity index (χ3v) is 11.8. The van der Waals surface area contributed by atoms with E-state index in [1.165, 1.54) is 17.0 Å². The van der Waals surface area contributed by atoms with Crippen LogP contribution in [0.3, 0.4) is 0 Å². The summed E-state index contributed by atoms with van der Waals surface area (Å²) in [7, 11) is -3.51. The van der Waals surface area contributed by atoms with Crippen LogP contribution in [0.15, 0.2) is 71.2 Å². The maximum atomic E-state index is 13.7. The standard InChI is InChI=1S/C38H41FN4O7S/c39-25-15-13-23(14-16-25)30-21-33(36-35(41-30)28-10-7-8-11-32(28)50-36)49-26-20-31(37(40)45)43(22-26)34(44)12-6-4-2-1-3-5-9-24-19-29(24)38(46)42-51(47,48)27-17-18-27/h5,7-11,13-16,21,24,26-27,29,31H,1-4,6,12,17-20,22H2,(H2,40,45)(H,42,46)/b9-5-/t24-,26-,29+,31+/m1/s1. The van der Waals surface area contributed by atoms with Crippen molar-refractivity contribution < 1.29 is 36.3 Å². The first-order valence-corrected chi connectivity index (χ1v) is 19.2. The Kier molecular flexibility index (Phi) is 9.82. The molecule has 3 amide bonds. The molecule has 4 aromatic rings. The van der Waals surface area contributed by atoms with Crippen LogP contribution in [0.4, 0.5) is 4.39 Å². The lowest BCUT2D eigenvalue weighted by Gasteiger charge is -2.22. The van der Waals surface area contributed by atoms with Gasteiger partial charge in [0, 0.05) is 35.8 Å². The molecule has 11 nitrogen and oxygen atoms in total. The molecule has 1 saturated heterocycles. The molecule has 3 N–H and O–H groups in total. The van der Waals surface area contributed by atoms with E-state index < -0.39 is 39.2 Å². The number of allylic oxidation sites excluding steroid dienone is 2. The molecular formula is C38H41FN4O7S. The van der Waals surface area contributed by atoms with Crippen LogP contribution in [0, 0.1) is 17.7 Å². The number of nitrogens with zero attached hydrogens (tertiary/aromatic N) is 2. The number of amides is 3. The van der Waals surface area contributed by atoms with Crippen molar-refractivity contribution in [2.45, 2.75) is 81.6 Å². The Bertz CT molecular complexity index is 2090. The van der Waals surface area contributed by atoms with E-state index in [-0.39, 0.29) is 42.9 Å². The topological polar surface area (TPSA) is 162 Å². The van der Waals surface area contributed by atoms with E-state index in [0.29, 0.717) is 59.4 Å². The van der Waals surface area contributed by atoms with Crippen molar-refractivity contribution in [3.05, 3.63) is 72.6 Å². The van der Waals surface area contributed by atoms with Crippen molar-refractivity contribution in [3.63, 3.8) is 0 Å². The summed E-state index contributed by atoms with van der Waals surface area (Å²) in [5.41, 5.74) is 8.68. The van der Waals surface area contributed by atoms with Crippen LogP contribution in [0.1, 0.15) is 64.2 Å². The Morgan fingerprint density at radius 3 is 2.57 bits per heavy atom. The van der Waals surface area contributed by atoms with Gasteiger partial charge >= 0.3 is 0 Å². The number of rotatable bonds is 15. The van der Waals surface area contributed by atoms with Crippen LogP contribution in [-0.4, -0.2) is 60.0 Å². The van der Waals surface area contributed by atoms with Crippen molar-refractivity contribution in [2.24, 2.45) is 17.6 Å². The van der Waals surface area contributed by atoms with E-state index in [1.807, 2.05) is 36.4 Å². The smallest absolute Gasteiger partial charge is 0.240 e. The van der Waals surface area contributed by atoms with Gasteiger partial charge in [0.2, 0.25) is 27.7 Å². The number of furan rings is 1. The van der Waals surface area contributed by atoms with E-state index in [1.54, 1.807) is 18.2 Å². The number of fused-ring (bicyclic) bond motifs is 3. The molecule has 4 atom stereocenters. The molecule has 268 valence electrons. The highest BCUT2D eigenvalue weighted by Crippen LogP contribution is 2.41. The number of primary amides is 1. The average Bonchev–Trinajstić information content (AvgIpc) is 4.03. The largest absolute Gasteiger partial charge is 0.484 e. The number of hydrogen-bond donors (Lipinski definition) is 2. The van der Waals surface area contributed by atoms with Crippen molar-refractivity contribution in [1.29, 1.82) is 0 Å². The van der Waals surface area contributed by atoms with Crippen LogP contribution >= 0.6 is 0 Å². The fraction of sp³-hybridized carbons (Fsp3) is 0.421. The lowest BCUT2D eigenvalue weighted by molar-refractivity contribution is -0.137. The van der Waals surface area contributed by atoms with Gasteiger partial charge in [0.25, 0.3) is 0 Å². The van der Waals surface area contributed by atoms with Gasteiger partial charge in [-0.2, -0.15) is 0 Å². The summed E-state index contributed by atoms with van der Waals surface area (Å²) >= 11 is 0. The molecule has 7 rings (SSSR count). The highest BCUT2D eigenvalue weighted by atomic mass is 32.2. The number of benzene rings is 2. The zero-order valence-corrected chi connectivity index (χ0v) is 28.9. The monoisotopic (exact) mass is 716 g/mol. The molecular weight excluding hydrogens is 676 g/mol. The second kappa shape index (κ2) is 14.5.